The number of sulfonamides is 1. The van der Waals surface area contributed by atoms with E-state index in [9.17, 15) is 8.42 Å². The third kappa shape index (κ3) is 2.88. The standard InChI is InChI=1S/C11H20N2O2S2/c1-5-13(6-2)17(14,15)11-9(3)8-16-10(11)7-12-4/h8,12H,5-7H2,1-4H3. The highest BCUT2D eigenvalue weighted by Gasteiger charge is 2.27. The molecule has 0 atom stereocenters. The molecule has 0 fully saturated rings. The van der Waals surface area contributed by atoms with E-state index < -0.39 is 10.0 Å². The fourth-order valence-corrected chi connectivity index (χ4v) is 5.04. The third-order valence-corrected chi connectivity index (χ3v) is 6.14. The van der Waals surface area contributed by atoms with Crippen LogP contribution >= 0.6 is 11.3 Å². The summed E-state index contributed by atoms with van der Waals surface area (Å²) >= 11 is 1.50. The first kappa shape index (κ1) is 14.6. The van der Waals surface area contributed by atoms with Crippen LogP contribution in [0.25, 0.3) is 0 Å². The van der Waals surface area contributed by atoms with E-state index >= 15 is 0 Å². The number of aryl methyl sites for hydroxylation is 1. The average molecular weight is 276 g/mol. The monoisotopic (exact) mass is 276 g/mol. The van der Waals surface area contributed by atoms with Crippen LogP contribution in [0.15, 0.2) is 10.3 Å². The molecule has 0 aliphatic carbocycles. The fraction of sp³-hybridized carbons (Fsp3) is 0.636. The molecule has 0 bridgehead atoms. The minimum Gasteiger partial charge on any atom is -0.315 e. The molecule has 1 aromatic heterocycles. The summed E-state index contributed by atoms with van der Waals surface area (Å²) in [7, 11) is -1.52. The molecular formula is C11H20N2O2S2. The van der Waals surface area contributed by atoms with Crippen LogP contribution in [0.2, 0.25) is 0 Å². The predicted molar refractivity (Wildman–Crippen MR) is 71.9 cm³/mol. The van der Waals surface area contributed by atoms with Crippen molar-refractivity contribution in [2.75, 3.05) is 20.1 Å². The highest BCUT2D eigenvalue weighted by molar-refractivity contribution is 7.89. The molecule has 17 heavy (non-hydrogen) atoms. The lowest BCUT2D eigenvalue weighted by molar-refractivity contribution is 0.444. The van der Waals surface area contributed by atoms with Crippen LogP contribution in [0.4, 0.5) is 0 Å². The van der Waals surface area contributed by atoms with Crippen LogP contribution in [0, 0.1) is 6.92 Å². The molecule has 0 spiro atoms. The number of nitrogens with one attached hydrogen (secondary N) is 1. The predicted octanol–water partition coefficient (Wildman–Crippen LogP) is 1.81. The summed E-state index contributed by atoms with van der Waals surface area (Å²) < 4.78 is 26.5. The summed E-state index contributed by atoms with van der Waals surface area (Å²) in [5.41, 5.74) is 0.840. The smallest absolute Gasteiger partial charge is 0.244 e. The number of hydrogen-bond acceptors (Lipinski definition) is 4. The van der Waals surface area contributed by atoms with E-state index in [1.807, 2.05) is 33.2 Å². The second kappa shape index (κ2) is 5.95. The molecule has 0 aliphatic heterocycles. The summed E-state index contributed by atoms with van der Waals surface area (Å²) in [5.74, 6) is 0. The van der Waals surface area contributed by atoms with Gasteiger partial charge in [-0.2, -0.15) is 4.31 Å². The molecule has 0 unspecified atom stereocenters. The van der Waals surface area contributed by atoms with E-state index in [1.165, 1.54) is 15.6 Å². The van der Waals surface area contributed by atoms with Crippen molar-refractivity contribution in [1.29, 1.82) is 0 Å². The Bertz CT molecular complexity index is 462. The van der Waals surface area contributed by atoms with Gasteiger partial charge in [-0.25, -0.2) is 8.42 Å². The Balaban J connectivity index is 3.26. The molecule has 4 nitrogen and oxygen atoms in total. The molecule has 1 rings (SSSR count). The van der Waals surface area contributed by atoms with Gasteiger partial charge in [0.1, 0.15) is 4.90 Å². The summed E-state index contributed by atoms with van der Waals surface area (Å²) in [6, 6.07) is 0. The average Bonchev–Trinajstić information content (AvgIpc) is 2.62. The van der Waals surface area contributed by atoms with Crippen LogP contribution in [0.3, 0.4) is 0 Å². The van der Waals surface area contributed by atoms with Crippen LogP contribution in [0.1, 0.15) is 24.3 Å². The van der Waals surface area contributed by atoms with Gasteiger partial charge in [0, 0.05) is 24.5 Å². The highest BCUT2D eigenvalue weighted by atomic mass is 32.2. The zero-order valence-electron chi connectivity index (χ0n) is 10.8. The first-order valence-corrected chi connectivity index (χ1v) is 8.02. The van der Waals surface area contributed by atoms with Crippen molar-refractivity contribution < 1.29 is 8.42 Å². The molecule has 1 N–H and O–H groups in total. The van der Waals surface area contributed by atoms with Crippen molar-refractivity contribution in [2.45, 2.75) is 32.2 Å². The highest BCUT2D eigenvalue weighted by Crippen LogP contribution is 2.29. The molecule has 0 saturated carbocycles. The summed E-state index contributed by atoms with van der Waals surface area (Å²) in [6.45, 7) is 7.18. The zero-order chi connectivity index (χ0) is 13.1. The summed E-state index contributed by atoms with van der Waals surface area (Å²) in [4.78, 5) is 1.37. The Labute approximate surface area is 108 Å². The van der Waals surface area contributed by atoms with Crippen molar-refractivity contribution in [1.82, 2.24) is 9.62 Å². The van der Waals surface area contributed by atoms with E-state index in [-0.39, 0.29) is 0 Å². The summed E-state index contributed by atoms with van der Waals surface area (Å²) in [5, 5.41) is 4.92. The SMILES string of the molecule is CCN(CC)S(=O)(=O)c1c(C)csc1CNC. The van der Waals surface area contributed by atoms with Gasteiger partial charge in [0.15, 0.2) is 0 Å². The van der Waals surface area contributed by atoms with Gasteiger partial charge in [-0.15, -0.1) is 11.3 Å². The zero-order valence-corrected chi connectivity index (χ0v) is 12.4. The van der Waals surface area contributed by atoms with Gasteiger partial charge >= 0.3 is 0 Å². The van der Waals surface area contributed by atoms with Gasteiger partial charge in [0.05, 0.1) is 0 Å². The van der Waals surface area contributed by atoms with Crippen molar-refractivity contribution in [3.8, 4) is 0 Å². The van der Waals surface area contributed by atoms with Gasteiger partial charge in [-0.1, -0.05) is 13.8 Å². The molecule has 0 saturated heterocycles. The van der Waals surface area contributed by atoms with Gasteiger partial charge < -0.3 is 5.32 Å². The quantitative estimate of drug-likeness (QED) is 0.862. The second-order valence-electron chi connectivity index (χ2n) is 3.79. The van der Waals surface area contributed by atoms with Gasteiger partial charge in [0.2, 0.25) is 10.0 Å². The molecule has 6 heteroatoms. The maximum atomic E-state index is 12.5. The second-order valence-corrected chi connectivity index (χ2v) is 6.63. The third-order valence-electron chi connectivity index (χ3n) is 2.63. The molecule has 98 valence electrons. The number of rotatable bonds is 6. The van der Waals surface area contributed by atoms with Gasteiger partial charge in [-0.3, -0.25) is 0 Å². The summed E-state index contributed by atoms with van der Waals surface area (Å²) in [6.07, 6.45) is 0. The van der Waals surface area contributed by atoms with E-state index in [0.29, 0.717) is 24.5 Å². The normalized spacial score (nSPS) is 12.3. The van der Waals surface area contributed by atoms with E-state index in [0.717, 1.165) is 10.4 Å². The topological polar surface area (TPSA) is 49.4 Å². The van der Waals surface area contributed by atoms with Crippen LogP contribution in [-0.4, -0.2) is 32.9 Å². The van der Waals surface area contributed by atoms with Crippen LogP contribution in [0.5, 0.6) is 0 Å². The molecule has 0 aromatic carbocycles. The molecule has 0 amide bonds. The minimum absolute atomic E-state index is 0.487. The van der Waals surface area contributed by atoms with E-state index in [1.54, 1.807) is 0 Å². The van der Waals surface area contributed by atoms with E-state index in [2.05, 4.69) is 5.32 Å². The lowest BCUT2D eigenvalue weighted by Crippen LogP contribution is -2.31. The fourth-order valence-electron chi connectivity index (χ4n) is 1.81. The maximum absolute atomic E-state index is 12.5. The molecule has 1 heterocycles. The van der Waals surface area contributed by atoms with Crippen molar-refractivity contribution in [3.05, 3.63) is 15.8 Å². The Morgan fingerprint density at radius 3 is 2.41 bits per heavy atom. The molecular weight excluding hydrogens is 256 g/mol. The first-order chi connectivity index (χ1) is 7.98. The number of thiophene rings is 1. The first-order valence-electron chi connectivity index (χ1n) is 5.70. The van der Waals surface area contributed by atoms with Gasteiger partial charge in [0.25, 0.3) is 0 Å². The minimum atomic E-state index is -3.34. The Morgan fingerprint density at radius 1 is 1.35 bits per heavy atom. The lowest BCUT2D eigenvalue weighted by Gasteiger charge is -2.19. The number of nitrogens with zero attached hydrogens (tertiary/aromatic N) is 1. The van der Waals surface area contributed by atoms with E-state index in [4.69, 9.17) is 0 Å². The Kier molecular flexibility index (Phi) is 5.12. The van der Waals surface area contributed by atoms with Crippen molar-refractivity contribution >= 4 is 21.4 Å². The largest absolute Gasteiger partial charge is 0.315 e. The van der Waals surface area contributed by atoms with Gasteiger partial charge in [-0.05, 0) is 24.9 Å². The Morgan fingerprint density at radius 2 is 1.94 bits per heavy atom. The molecule has 0 aliphatic rings. The maximum Gasteiger partial charge on any atom is 0.244 e. The van der Waals surface area contributed by atoms with Crippen LogP contribution in [-0.2, 0) is 16.6 Å². The molecule has 0 radical (unpaired) electrons. The lowest BCUT2D eigenvalue weighted by atomic mass is 10.3. The number of hydrogen-bond donors (Lipinski definition) is 1. The Hall–Kier alpha value is -0.430. The van der Waals surface area contributed by atoms with Crippen molar-refractivity contribution in [3.63, 3.8) is 0 Å². The van der Waals surface area contributed by atoms with Crippen LogP contribution < -0.4 is 5.32 Å². The van der Waals surface area contributed by atoms with Crippen molar-refractivity contribution in [2.24, 2.45) is 0 Å². The molecule has 1 aromatic rings.